The van der Waals surface area contributed by atoms with Gasteiger partial charge in [-0.15, -0.1) is 0 Å². The first-order chi connectivity index (χ1) is 4.13. The number of hydrogen-bond acceptors (Lipinski definition) is 1. The summed E-state index contributed by atoms with van der Waals surface area (Å²) in [5, 5.41) is -0.393. The Morgan fingerprint density at radius 1 is 1.67 bits per heavy atom. The minimum Gasteiger partial charge on any atom is -0.276 e. The fourth-order valence-electron chi connectivity index (χ4n) is 0.433. The Labute approximate surface area is 60.7 Å². The Bertz CT molecular complexity index is 116. The fraction of sp³-hybridized carbons (Fsp3) is 0.571. The van der Waals surface area contributed by atoms with Crippen LogP contribution in [0.4, 0.5) is 0 Å². The number of carbonyl (C=O) groups excluding carboxylic acids is 1. The summed E-state index contributed by atoms with van der Waals surface area (Å²) in [7, 11) is 0. The maximum Gasteiger partial charge on any atom is 0.244 e. The van der Waals surface area contributed by atoms with Crippen molar-refractivity contribution in [1.82, 2.24) is 0 Å². The molecule has 0 saturated carbocycles. The monoisotopic (exact) mass is 146 g/mol. The zero-order valence-corrected chi connectivity index (χ0v) is 6.48. The van der Waals surface area contributed by atoms with Crippen molar-refractivity contribution in [2.45, 2.75) is 20.3 Å². The third-order valence-corrected chi connectivity index (χ3v) is 0.982. The van der Waals surface area contributed by atoms with Crippen LogP contribution in [0.5, 0.6) is 0 Å². The van der Waals surface area contributed by atoms with E-state index in [1.165, 1.54) is 6.08 Å². The predicted molar refractivity (Wildman–Crippen MR) is 39.5 cm³/mol. The van der Waals surface area contributed by atoms with E-state index in [0.29, 0.717) is 5.92 Å². The van der Waals surface area contributed by atoms with Gasteiger partial charge in [-0.3, -0.25) is 4.79 Å². The zero-order valence-electron chi connectivity index (χ0n) is 5.73. The van der Waals surface area contributed by atoms with E-state index in [4.69, 9.17) is 11.6 Å². The minimum absolute atomic E-state index is 0.393. The number of carbonyl (C=O) groups is 1. The van der Waals surface area contributed by atoms with Crippen LogP contribution >= 0.6 is 11.6 Å². The quantitative estimate of drug-likeness (QED) is 0.441. The Balaban J connectivity index is 3.36. The van der Waals surface area contributed by atoms with Crippen LogP contribution in [0.25, 0.3) is 0 Å². The first-order valence-corrected chi connectivity index (χ1v) is 3.36. The maximum absolute atomic E-state index is 10.1. The van der Waals surface area contributed by atoms with Crippen LogP contribution in [0.1, 0.15) is 20.3 Å². The Morgan fingerprint density at radius 2 is 2.22 bits per heavy atom. The number of allylic oxidation sites excluding steroid dienone is 2. The van der Waals surface area contributed by atoms with Crippen molar-refractivity contribution in [2.75, 3.05) is 0 Å². The van der Waals surface area contributed by atoms with Crippen molar-refractivity contribution >= 4 is 16.8 Å². The highest BCUT2D eigenvalue weighted by molar-refractivity contribution is 6.66. The molecule has 0 fully saturated rings. The van der Waals surface area contributed by atoms with Crippen molar-refractivity contribution in [3.63, 3.8) is 0 Å². The lowest BCUT2D eigenvalue weighted by Crippen LogP contribution is -1.82. The minimum atomic E-state index is -0.393. The molecule has 0 aromatic heterocycles. The Morgan fingerprint density at radius 3 is 2.56 bits per heavy atom. The smallest absolute Gasteiger partial charge is 0.244 e. The molecular weight excluding hydrogens is 136 g/mol. The van der Waals surface area contributed by atoms with Gasteiger partial charge in [0, 0.05) is 0 Å². The summed E-state index contributed by atoms with van der Waals surface area (Å²) in [5.74, 6) is 0.595. The summed E-state index contributed by atoms with van der Waals surface area (Å²) in [6.07, 6.45) is 4.10. The fourth-order valence-corrected chi connectivity index (χ4v) is 0.522. The molecule has 0 saturated heterocycles. The van der Waals surface area contributed by atoms with E-state index in [2.05, 4.69) is 13.8 Å². The molecule has 0 aliphatic carbocycles. The molecule has 0 rings (SSSR count). The molecule has 0 aliphatic rings. The van der Waals surface area contributed by atoms with Gasteiger partial charge < -0.3 is 0 Å². The van der Waals surface area contributed by atoms with Gasteiger partial charge in [-0.25, -0.2) is 0 Å². The molecular formula is C7H11ClO. The molecule has 0 radical (unpaired) electrons. The molecule has 9 heavy (non-hydrogen) atoms. The van der Waals surface area contributed by atoms with E-state index < -0.39 is 5.24 Å². The Kier molecular flexibility index (Phi) is 4.41. The first kappa shape index (κ1) is 8.70. The molecule has 0 unspecified atom stereocenters. The lowest BCUT2D eigenvalue weighted by molar-refractivity contribution is -0.107. The molecule has 1 nitrogen and oxygen atoms in total. The summed E-state index contributed by atoms with van der Waals surface area (Å²) in [6.45, 7) is 4.17. The molecule has 0 bridgehead atoms. The summed E-state index contributed by atoms with van der Waals surface area (Å²) >= 11 is 5.04. The van der Waals surface area contributed by atoms with E-state index in [-0.39, 0.29) is 0 Å². The summed E-state index contributed by atoms with van der Waals surface area (Å²) < 4.78 is 0. The van der Waals surface area contributed by atoms with Crippen LogP contribution in [0.3, 0.4) is 0 Å². The van der Waals surface area contributed by atoms with Gasteiger partial charge in [0.1, 0.15) is 0 Å². The second kappa shape index (κ2) is 4.57. The van der Waals surface area contributed by atoms with E-state index >= 15 is 0 Å². The average molecular weight is 147 g/mol. The van der Waals surface area contributed by atoms with Gasteiger partial charge in [0.25, 0.3) is 0 Å². The van der Waals surface area contributed by atoms with Crippen LogP contribution in [-0.4, -0.2) is 5.24 Å². The van der Waals surface area contributed by atoms with Gasteiger partial charge >= 0.3 is 0 Å². The third kappa shape index (κ3) is 7.70. The summed E-state index contributed by atoms with van der Waals surface area (Å²) in [6, 6.07) is 0. The van der Waals surface area contributed by atoms with E-state index in [0.717, 1.165) is 6.42 Å². The van der Waals surface area contributed by atoms with Crippen LogP contribution in [-0.2, 0) is 4.79 Å². The van der Waals surface area contributed by atoms with Gasteiger partial charge in [0.05, 0.1) is 0 Å². The number of halogens is 1. The molecule has 0 atom stereocenters. The zero-order chi connectivity index (χ0) is 7.28. The van der Waals surface area contributed by atoms with E-state index in [9.17, 15) is 4.79 Å². The molecule has 0 aliphatic heterocycles. The van der Waals surface area contributed by atoms with Crippen LogP contribution in [0.2, 0.25) is 0 Å². The lowest BCUT2D eigenvalue weighted by atomic mass is 10.1. The summed E-state index contributed by atoms with van der Waals surface area (Å²) in [5.41, 5.74) is 0. The predicted octanol–water partition coefficient (Wildman–Crippen LogP) is 2.35. The second-order valence-electron chi connectivity index (χ2n) is 2.34. The molecule has 0 aromatic carbocycles. The topological polar surface area (TPSA) is 17.1 Å². The molecule has 0 amide bonds. The van der Waals surface area contributed by atoms with Gasteiger partial charge in [0.15, 0.2) is 0 Å². The highest BCUT2D eigenvalue weighted by atomic mass is 35.5. The molecule has 0 aromatic rings. The average Bonchev–Trinajstić information content (AvgIpc) is 1.63. The number of rotatable bonds is 3. The number of hydrogen-bond donors (Lipinski definition) is 0. The summed E-state index contributed by atoms with van der Waals surface area (Å²) in [4.78, 5) is 10.1. The highest BCUT2D eigenvalue weighted by Crippen LogP contribution is 1.99. The normalized spacial score (nSPS) is 11.1. The van der Waals surface area contributed by atoms with E-state index in [1.807, 2.05) is 0 Å². The van der Waals surface area contributed by atoms with Gasteiger partial charge in [-0.05, 0) is 30.0 Å². The molecule has 52 valence electrons. The largest absolute Gasteiger partial charge is 0.276 e. The van der Waals surface area contributed by atoms with Crippen LogP contribution in [0, 0.1) is 5.92 Å². The van der Waals surface area contributed by atoms with Crippen molar-refractivity contribution < 1.29 is 4.79 Å². The Hall–Kier alpha value is -0.300. The molecule has 0 N–H and O–H groups in total. The van der Waals surface area contributed by atoms with Crippen LogP contribution in [0.15, 0.2) is 12.2 Å². The standard InChI is InChI=1S/C7H11ClO/c1-6(2)4-3-5-7(8)9/h3,5-6H,4H2,1-2H3. The third-order valence-electron chi connectivity index (χ3n) is 0.856. The first-order valence-electron chi connectivity index (χ1n) is 2.99. The van der Waals surface area contributed by atoms with Gasteiger partial charge in [-0.1, -0.05) is 19.9 Å². The highest BCUT2D eigenvalue weighted by Gasteiger charge is 1.88. The van der Waals surface area contributed by atoms with E-state index in [1.54, 1.807) is 6.08 Å². The molecule has 2 heteroatoms. The molecule has 0 spiro atoms. The van der Waals surface area contributed by atoms with Crippen molar-refractivity contribution in [3.8, 4) is 0 Å². The van der Waals surface area contributed by atoms with Crippen molar-refractivity contribution in [3.05, 3.63) is 12.2 Å². The second-order valence-corrected chi connectivity index (χ2v) is 2.71. The molecule has 0 heterocycles. The van der Waals surface area contributed by atoms with Gasteiger partial charge in [-0.2, -0.15) is 0 Å². The maximum atomic E-state index is 10.1. The van der Waals surface area contributed by atoms with Crippen molar-refractivity contribution in [1.29, 1.82) is 0 Å². The van der Waals surface area contributed by atoms with Crippen molar-refractivity contribution in [2.24, 2.45) is 5.92 Å². The van der Waals surface area contributed by atoms with Crippen LogP contribution < -0.4 is 0 Å². The van der Waals surface area contributed by atoms with Gasteiger partial charge in [0.2, 0.25) is 5.24 Å². The SMILES string of the molecule is CC(C)CC=CC(=O)Cl. The lowest BCUT2D eigenvalue weighted by Gasteiger charge is -1.94.